The van der Waals surface area contributed by atoms with Crippen LogP contribution in [-0.2, 0) is 17.8 Å². The zero-order valence-electron chi connectivity index (χ0n) is 20.0. The lowest BCUT2D eigenvalue weighted by molar-refractivity contribution is 0.0285. The molecule has 3 rings (SSSR count). The van der Waals surface area contributed by atoms with Gasteiger partial charge >= 0.3 is 6.09 Å². The zero-order chi connectivity index (χ0) is 24.2. The minimum atomic E-state index is -0.527. The number of nitrogens with zero attached hydrogens (tertiary/aromatic N) is 4. The van der Waals surface area contributed by atoms with Crippen molar-refractivity contribution in [3.05, 3.63) is 76.7 Å². The molecule has 8 heteroatoms. The van der Waals surface area contributed by atoms with E-state index in [9.17, 15) is 9.59 Å². The molecule has 2 amide bonds. The average Bonchev–Trinajstić information content (AvgIpc) is 3.09. The highest BCUT2D eigenvalue weighted by atomic mass is 16.6. The molecule has 0 bridgehead atoms. The van der Waals surface area contributed by atoms with Crippen LogP contribution in [0.15, 0.2) is 48.7 Å². The van der Waals surface area contributed by atoms with Crippen LogP contribution in [0.1, 0.15) is 53.6 Å². The Morgan fingerprint density at radius 2 is 1.73 bits per heavy atom. The van der Waals surface area contributed by atoms with Gasteiger partial charge in [0, 0.05) is 32.0 Å². The Balaban J connectivity index is 1.53. The molecule has 0 saturated heterocycles. The molecule has 0 atom stereocenters. The second kappa shape index (κ2) is 9.85. The Morgan fingerprint density at radius 1 is 1.06 bits per heavy atom. The second-order valence-corrected chi connectivity index (χ2v) is 9.08. The van der Waals surface area contributed by atoms with Gasteiger partial charge in [-0.15, -0.1) is 0 Å². The van der Waals surface area contributed by atoms with E-state index in [1.807, 2.05) is 65.0 Å². The number of aryl methyl sites for hydroxylation is 2. The maximum atomic E-state index is 12.5. The molecule has 33 heavy (non-hydrogen) atoms. The van der Waals surface area contributed by atoms with Crippen LogP contribution in [0.4, 0.5) is 4.79 Å². The average molecular weight is 450 g/mol. The second-order valence-electron chi connectivity index (χ2n) is 9.08. The van der Waals surface area contributed by atoms with Crippen molar-refractivity contribution in [3.8, 4) is 5.82 Å². The first-order valence-electron chi connectivity index (χ1n) is 10.8. The van der Waals surface area contributed by atoms with E-state index in [1.165, 1.54) is 4.90 Å². The molecule has 0 radical (unpaired) electrons. The molecule has 0 saturated carbocycles. The fourth-order valence-corrected chi connectivity index (χ4v) is 3.23. The van der Waals surface area contributed by atoms with Crippen molar-refractivity contribution in [3.63, 3.8) is 0 Å². The van der Waals surface area contributed by atoms with Crippen LogP contribution in [0.3, 0.4) is 0 Å². The summed E-state index contributed by atoms with van der Waals surface area (Å²) in [5, 5.41) is 7.31. The highest BCUT2D eigenvalue weighted by Gasteiger charge is 2.19. The SMILES string of the molecule is Cc1cc(C)n(-c2ccc(C(=O)NCc3ccc(CN(C)C(=O)OC(C)(C)C)cc3)cn2)n1. The molecule has 0 fully saturated rings. The number of pyridine rings is 1. The van der Waals surface area contributed by atoms with Crippen molar-refractivity contribution in [1.82, 2.24) is 25.0 Å². The molecule has 0 aliphatic rings. The normalized spacial score (nSPS) is 11.2. The van der Waals surface area contributed by atoms with Crippen molar-refractivity contribution in [1.29, 1.82) is 0 Å². The van der Waals surface area contributed by atoms with Crippen LogP contribution >= 0.6 is 0 Å². The van der Waals surface area contributed by atoms with Gasteiger partial charge in [-0.05, 0) is 63.9 Å². The molecule has 1 aromatic carbocycles. The first-order chi connectivity index (χ1) is 15.5. The van der Waals surface area contributed by atoms with E-state index in [2.05, 4.69) is 15.4 Å². The van der Waals surface area contributed by atoms with Crippen molar-refractivity contribution < 1.29 is 14.3 Å². The molecule has 0 aliphatic carbocycles. The van der Waals surface area contributed by atoms with Gasteiger partial charge in [0.2, 0.25) is 0 Å². The molecular formula is C25H31N5O3. The van der Waals surface area contributed by atoms with Crippen LogP contribution in [0.5, 0.6) is 0 Å². The summed E-state index contributed by atoms with van der Waals surface area (Å²) in [6.45, 7) is 10.2. The summed E-state index contributed by atoms with van der Waals surface area (Å²) in [7, 11) is 1.70. The maximum Gasteiger partial charge on any atom is 0.410 e. The summed E-state index contributed by atoms with van der Waals surface area (Å²) in [5.41, 5.74) is 3.79. The monoisotopic (exact) mass is 449 g/mol. The number of benzene rings is 1. The highest BCUT2D eigenvalue weighted by molar-refractivity contribution is 5.93. The first-order valence-corrected chi connectivity index (χ1v) is 10.8. The van der Waals surface area contributed by atoms with Crippen LogP contribution < -0.4 is 5.32 Å². The van der Waals surface area contributed by atoms with Crippen LogP contribution in [0.25, 0.3) is 5.82 Å². The summed E-state index contributed by atoms with van der Waals surface area (Å²) in [5.74, 6) is 0.472. The number of nitrogens with one attached hydrogen (secondary N) is 1. The number of hydrogen-bond donors (Lipinski definition) is 1. The largest absolute Gasteiger partial charge is 0.444 e. The number of carbonyl (C=O) groups is 2. The molecule has 0 unspecified atom stereocenters. The fraction of sp³-hybridized carbons (Fsp3) is 0.360. The van der Waals surface area contributed by atoms with Gasteiger partial charge in [0.05, 0.1) is 11.3 Å². The molecule has 8 nitrogen and oxygen atoms in total. The molecule has 1 N–H and O–H groups in total. The van der Waals surface area contributed by atoms with Gasteiger partial charge in [-0.1, -0.05) is 24.3 Å². The van der Waals surface area contributed by atoms with Crippen molar-refractivity contribution in [2.75, 3.05) is 7.05 Å². The van der Waals surface area contributed by atoms with Gasteiger partial charge < -0.3 is 15.0 Å². The number of rotatable bonds is 6. The van der Waals surface area contributed by atoms with E-state index in [0.29, 0.717) is 24.5 Å². The van der Waals surface area contributed by atoms with E-state index in [0.717, 1.165) is 22.5 Å². The summed E-state index contributed by atoms with van der Waals surface area (Å²) >= 11 is 0. The van der Waals surface area contributed by atoms with Gasteiger partial charge in [-0.3, -0.25) is 4.79 Å². The maximum absolute atomic E-state index is 12.5. The first kappa shape index (κ1) is 24.0. The Labute approximate surface area is 194 Å². The van der Waals surface area contributed by atoms with Crippen molar-refractivity contribution in [2.24, 2.45) is 0 Å². The lowest BCUT2D eigenvalue weighted by Gasteiger charge is -2.24. The van der Waals surface area contributed by atoms with Crippen molar-refractivity contribution in [2.45, 2.75) is 53.3 Å². The number of ether oxygens (including phenoxy) is 1. The predicted octanol–water partition coefficient (Wildman–Crippen LogP) is 4.18. The van der Waals surface area contributed by atoms with Gasteiger partial charge in [-0.25, -0.2) is 14.5 Å². The predicted molar refractivity (Wildman–Crippen MR) is 126 cm³/mol. The molecule has 0 aliphatic heterocycles. The van der Waals surface area contributed by atoms with Gasteiger partial charge in [-0.2, -0.15) is 5.10 Å². The van der Waals surface area contributed by atoms with Crippen LogP contribution in [0, 0.1) is 13.8 Å². The van der Waals surface area contributed by atoms with Crippen LogP contribution in [-0.4, -0.2) is 44.3 Å². The standard InChI is InChI=1S/C25H31N5O3/c1-17-13-18(2)30(28-17)22-12-11-21(15-26-22)23(31)27-14-19-7-9-20(10-8-19)16-29(6)24(32)33-25(3,4)5/h7-13,15H,14,16H2,1-6H3,(H,27,31). The Kier molecular flexibility index (Phi) is 7.16. The lowest BCUT2D eigenvalue weighted by Crippen LogP contribution is -2.33. The van der Waals surface area contributed by atoms with Gasteiger partial charge in [0.1, 0.15) is 5.60 Å². The zero-order valence-corrected chi connectivity index (χ0v) is 20.0. The fourth-order valence-electron chi connectivity index (χ4n) is 3.23. The number of aromatic nitrogens is 3. The third kappa shape index (κ3) is 6.65. The minimum absolute atomic E-state index is 0.198. The Bertz CT molecular complexity index is 1110. The minimum Gasteiger partial charge on any atom is -0.444 e. The molecular weight excluding hydrogens is 418 g/mol. The van der Waals surface area contributed by atoms with E-state index in [-0.39, 0.29) is 12.0 Å². The highest BCUT2D eigenvalue weighted by Crippen LogP contribution is 2.13. The third-order valence-electron chi connectivity index (χ3n) is 4.84. The summed E-state index contributed by atoms with van der Waals surface area (Å²) in [6, 6.07) is 13.2. The van der Waals surface area contributed by atoms with Crippen LogP contribution in [0.2, 0.25) is 0 Å². The third-order valence-corrected chi connectivity index (χ3v) is 4.84. The topological polar surface area (TPSA) is 89.4 Å². The van der Waals surface area contributed by atoms with E-state index < -0.39 is 5.60 Å². The van der Waals surface area contributed by atoms with Gasteiger partial charge in [0.15, 0.2) is 5.82 Å². The summed E-state index contributed by atoms with van der Waals surface area (Å²) < 4.78 is 7.12. The molecule has 2 aromatic heterocycles. The molecule has 174 valence electrons. The lowest BCUT2D eigenvalue weighted by atomic mass is 10.1. The number of amides is 2. The van der Waals surface area contributed by atoms with E-state index in [4.69, 9.17) is 4.74 Å². The van der Waals surface area contributed by atoms with Gasteiger partial charge in [0.25, 0.3) is 5.91 Å². The summed E-state index contributed by atoms with van der Waals surface area (Å²) in [4.78, 5) is 30.5. The smallest absolute Gasteiger partial charge is 0.410 e. The molecule has 0 spiro atoms. The van der Waals surface area contributed by atoms with E-state index >= 15 is 0 Å². The Morgan fingerprint density at radius 3 is 2.27 bits per heavy atom. The summed E-state index contributed by atoms with van der Waals surface area (Å²) in [6.07, 6.45) is 1.19. The number of carbonyl (C=O) groups excluding carboxylic acids is 2. The molecule has 2 heterocycles. The van der Waals surface area contributed by atoms with E-state index in [1.54, 1.807) is 30.1 Å². The Hall–Kier alpha value is -3.68. The van der Waals surface area contributed by atoms with Crippen molar-refractivity contribution >= 4 is 12.0 Å². The number of hydrogen-bond acceptors (Lipinski definition) is 5. The quantitative estimate of drug-likeness (QED) is 0.610. The molecule has 3 aromatic rings.